The highest BCUT2D eigenvalue weighted by molar-refractivity contribution is 7.85. The predicted molar refractivity (Wildman–Crippen MR) is 133 cm³/mol. The van der Waals surface area contributed by atoms with Gasteiger partial charge in [-0.3, -0.25) is 14.2 Å². The number of halogens is 1. The number of amides is 1. The fourth-order valence-electron chi connectivity index (χ4n) is 4.28. The van der Waals surface area contributed by atoms with E-state index in [2.05, 4.69) is 4.99 Å². The molecule has 3 N–H and O–H groups in total. The van der Waals surface area contributed by atoms with Crippen molar-refractivity contribution in [3.05, 3.63) is 94.8 Å². The van der Waals surface area contributed by atoms with Crippen molar-refractivity contribution in [3.63, 3.8) is 0 Å². The average Bonchev–Trinajstić information content (AvgIpc) is 3.09. The van der Waals surface area contributed by atoms with Crippen LogP contribution in [-0.4, -0.2) is 42.5 Å². The Bertz CT molecular complexity index is 1510. The second-order valence-electron chi connectivity index (χ2n) is 8.52. The first-order chi connectivity index (χ1) is 17.0. The van der Waals surface area contributed by atoms with Crippen molar-refractivity contribution >= 4 is 22.0 Å². The zero-order chi connectivity index (χ0) is 26.1. The van der Waals surface area contributed by atoms with Crippen molar-refractivity contribution in [2.45, 2.75) is 18.4 Å². The second-order valence-corrected chi connectivity index (χ2v) is 10.1. The fraction of sp³-hybridized carbons (Fsp3) is 0.192. The van der Waals surface area contributed by atoms with Crippen molar-refractivity contribution in [3.8, 4) is 17.2 Å². The third kappa shape index (κ3) is 4.71. The number of carbonyl (C=O) groups excluding carboxylic acids is 1. The number of rotatable bonds is 7. The minimum absolute atomic E-state index is 0.0280. The van der Waals surface area contributed by atoms with Crippen LogP contribution in [0.1, 0.15) is 28.7 Å². The van der Waals surface area contributed by atoms with E-state index < -0.39 is 21.5 Å². The lowest BCUT2D eigenvalue weighted by atomic mass is 9.81. The topological polar surface area (TPSA) is 137 Å². The number of nitrogens with zero attached hydrogens (tertiary/aromatic N) is 3. The summed E-state index contributed by atoms with van der Waals surface area (Å²) in [6.45, 7) is 0. The van der Waals surface area contributed by atoms with E-state index in [-0.39, 0.29) is 29.6 Å². The Kier molecular flexibility index (Phi) is 6.63. The van der Waals surface area contributed by atoms with Gasteiger partial charge in [0.05, 0.1) is 17.4 Å². The molecule has 1 heterocycles. The van der Waals surface area contributed by atoms with Gasteiger partial charge in [0, 0.05) is 12.6 Å². The SMILES string of the molecule is CN1C(=O)C(c2ccc(CCCS(=O)(=O)O)cc2)(c2cccc(-c3cc(C#N)ccc3F)c2)N=C1N. The maximum Gasteiger partial charge on any atom is 0.266 e. The van der Waals surface area contributed by atoms with Gasteiger partial charge in [0.25, 0.3) is 16.0 Å². The molecule has 1 amide bonds. The van der Waals surface area contributed by atoms with Crippen LogP contribution in [0, 0.1) is 17.1 Å². The highest BCUT2D eigenvalue weighted by Gasteiger charge is 2.49. The van der Waals surface area contributed by atoms with E-state index in [1.54, 1.807) is 48.5 Å². The van der Waals surface area contributed by atoms with Gasteiger partial charge in [0.1, 0.15) is 5.82 Å². The van der Waals surface area contributed by atoms with Gasteiger partial charge in [-0.05, 0) is 59.4 Å². The Balaban J connectivity index is 1.78. The first kappa shape index (κ1) is 25.0. The Morgan fingerprint density at radius 3 is 2.44 bits per heavy atom. The second kappa shape index (κ2) is 9.53. The molecule has 8 nitrogen and oxygen atoms in total. The molecule has 1 atom stereocenters. The normalized spacial score (nSPS) is 17.7. The number of guanidine groups is 1. The summed E-state index contributed by atoms with van der Waals surface area (Å²) in [5, 5.41) is 9.23. The van der Waals surface area contributed by atoms with Gasteiger partial charge in [0.2, 0.25) is 0 Å². The van der Waals surface area contributed by atoms with Crippen LogP contribution in [0.25, 0.3) is 11.1 Å². The lowest BCUT2D eigenvalue weighted by Crippen LogP contribution is -2.41. The van der Waals surface area contributed by atoms with Crippen LogP contribution in [-0.2, 0) is 26.9 Å². The maximum absolute atomic E-state index is 14.7. The molecule has 36 heavy (non-hydrogen) atoms. The Morgan fingerprint density at radius 1 is 1.11 bits per heavy atom. The van der Waals surface area contributed by atoms with Crippen LogP contribution in [0.15, 0.2) is 71.7 Å². The van der Waals surface area contributed by atoms with Gasteiger partial charge in [0.15, 0.2) is 11.5 Å². The van der Waals surface area contributed by atoms with Crippen molar-refractivity contribution in [2.24, 2.45) is 10.7 Å². The van der Waals surface area contributed by atoms with Crippen molar-refractivity contribution in [2.75, 3.05) is 12.8 Å². The monoisotopic (exact) mass is 506 g/mol. The zero-order valence-electron chi connectivity index (χ0n) is 19.3. The molecule has 0 spiro atoms. The largest absolute Gasteiger partial charge is 0.369 e. The molecule has 3 aromatic rings. The molecular formula is C26H23FN4O4S. The summed E-state index contributed by atoms with van der Waals surface area (Å²) in [5.41, 5.74) is 7.34. The Morgan fingerprint density at radius 2 is 1.83 bits per heavy atom. The average molecular weight is 507 g/mol. The zero-order valence-corrected chi connectivity index (χ0v) is 20.2. The van der Waals surface area contributed by atoms with Crippen molar-refractivity contribution in [1.29, 1.82) is 5.26 Å². The summed E-state index contributed by atoms with van der Waals surface area (Å²) in [4.78, 5) is 19.3. The van der Waals surface area contributed by atoms with Gasteiger partial charge in [-0.2, -0.15) is 13.7 Å². The summed E-state index contributed by atoms with van der Waals surface area (Å²) < 4.78 is 45.6. The molecule has 0 aliphatic carbocycles. The lowest BCUT2D eigenvalue weighted by Gasteiger charge is -2.27. The van der Waals surface area contributed by atoms with E-state index in [4.69, 9.17) is 10.3 Å². The smallest absolute Gasteiger partial charge is 0.266 e. The molecule has 1 aliphatic rings. The number of hydrogen-bond donors (Lipinski definition) is 2. The molecule has 3 aromatic carbocycles. The van der Waals surface area contributed by atoms with Crippen molar-refractivity contribution in [1.82, 2.24) is 4.90 Å². The molecule has 0 saturated carbocycles. The lowest BCUT2D eigenvalue weighted by molar-refractivity contribution is -0.129. The third-order valence-corrected chi connectivity index (χ3v) is 6.97. The van der Waals surface area contributed by atoms with E-state index in [0.29, 0.717) is 28.7 Å². The Labute approximate surface area is 208 Å². The minimum atomic E-state index is -4.04. The number of benzene rings is 3. The first-order valence-corrected chi connectivity index (χ1v) is 12.6. The van der Waals surface area contributed by atoms with Gasteiger partial charge >= 0.3 is 0 Å². The molecule has 0 aromatic heterocycles. The van der Waals surface area contributed by atoms with E-state index >= 15 is 0 Å². The number of hydrogen-bond acceptors (Lipinski definition) is 6. The van der Waals surface area contributed by atoms with Gasteiger partial charge in [-0.25, -0.2) is 9.38 Å². The number of aryl methyl sites for hydroxylation is 1. The molecule has 184 valence electrons. The van der Waals surface area contributed by atoms with Crippen LogP contribution in [0.5, 0.6) is 0 Å². The third-order valence-electron chi connectivity index (χ3n) is 6.17. The molecule has 0 radical (unpaired) electrons. The van der Waals surface area contributed by atoms with E-state index in [1.165, 1.54) is 30.1 Å². The van der Waals surface area contributed by atoms with Crippen LogP contribution >= 0.6 is 0 Å². The van der Waals surface area contributed by atoms with E-state index in [1.807, 2.05) is 6.07 Å². The quantitative estimate of drug-likeness (QED) is 0.472. The van der Waals surface area contributed by atoms with Gasteiger partial charge in [-0.1, -0.05) is 42.5 Å². The standard InChI is InChI=1S/C26H23FN4O4S/c1-31-24(32)26(30-25(31)29,20-10-7-17(8-11-20)4-3-13-36(33,34)35)21-6-2-5-19(15-21)22-14-18(16-28)9-12-23(22)27/h2,5-12,14-15H,3-4,13H2,1H3,(H2,29,30)(H,33,34,35). The van der Waals surface area contributed by atoms with Crippen LogP contribution in [0.3, 0.4) is 0 Å². The number of likely N-dealkylation sites (N-methyl/N-ethyl adjacent to an activating group) is 1. The summed E-state index contributed by atoms with van der Waals surface area (Å²) in [6.07, 6.45) is 0.655. The van der Waals surface area contributed by atoms with E-state index in [9.17, 15) is 22.9 Å². The summed E-state index contributed by atoms with van der Waals surface area (Å²) in [7, 11) is -2.52. The fourth-order valence-corrected chi connectivity index (χ4v) is 4.79. The van der Waals surface area contributed by atoms with Crippen LogP contribution < -0.4 is 5.73 Å². The van der Waals surface area contributed by atoms with Gasteiger partial charge in [-0.15, -0.1) is 0 Å². The maximum atomic E-state index is 14.7. The molecule has 0 fully saturated rings. The summed E-state index contributed by atoms with van der Waals surface area (Å²) >= 11 is 0. The molecule has 1 aliphatic heterocycles. The first-order valence-electron chi connectivity index (χ1n) is 11.0. The minimum Gasteiger partial charge on any atom is -0.369 e. The van der Waals surface area contributed by atoms with Crippen LogP contribution in [0.2, 0.25) is 0 Å². The molecular weight excluding hydrogens is 483 g/mol. The van der Waals surface area contributed by atoms with Crippen LogP contribution in [0.4, 0.5) is 4.39 Å². The number of aliphatic imine (C=N–C) groups is 1. The molecule has 1 unspecified atom stereocenters. The van der Waals surface area contributed by atoms with Gasteiger partial charge < -0.3 is 5.73 Å². The van der Waals surface area contributed by atoms with E-state index in [0.717, 1.165) is 5.56 Å². The molecule has 4 rings (SSSR count). The molecule has 0 saturated heterocycles. The number of nitriles is 1. The number of carbonyl (C=O) groups is 1. The highest BCUT2D eigenvalue weighted by Crippen LogP contribution is 2.41. The summed E-state index contributed by atoms with van der Waals surface area (Å²) in [5.74, 6) is -1.21. The molecule has 10 heteroatoms. The highest BCUT2D eigenvalue weighted by atomic mass is 32.2. The summed E-state index contributed by atoms with van der Waals surface area (Å²) in [6, 6.07) is 19.8. The molecule has 0 bridgehead atoms. The number of nitrogens with two attached hydrogens (primary N) is 1. The Hall–Kier alpha value is -4.07. The predicted octanol–water partition coefficient (Wildman–Crippen LogP) is 3.22. The van der Waals surface area contributed by atoms with Crippen molar-refractivity contribution < 1.29 is 22.2 Å².